The maximum Gasteiger partial charge on any atom is 0.416 e. The quantitative estimate of drug-likeness (QED) is 0.542. The summed E-state index contributed by atoms with van der Waals surface area (Å²) in [5.41, 5.74) is -2.70. The van der Waals surface area contributed by atoms with Gasteiger partial charge in [-0.05, 0) is 36.1 Å². The zero-order valence-corrected chi connectivity index (χ0v) is 18.1. The number of amides is 1. The number of halogens is 4. The van der Waals surface area contributed by atoms with Crippen molar-refractivity contribution >= 4 is 16.9 Å². The van der Waals surface area contributed by atoms with Crippen molar-refractivity contribution < 1.29 is 22.4 Å². The number of aromatic amines is 1. The first-order valence-corrected chi connectivity index (χ1v) is 10.3. The highest BCUT2D eigenvalue weighted by atomic mass is 19.4. The largest absolute Gasteiger partial charge is 0.416 e. The number of carbonyl (C=O) groups is 1. The van der Waals surface area contributed by atoms with Crippen LogP contribution in [0, 0.1) is 5.82 Å². The van der Waals surface area contributed by atoms with Crippen molar-refractivity contribution in [3.8, 4) is 0 Å². The lowest BCUT2D eigenvalue weighted by atomic mass is 10.0. The Kier molecular flexibility index (Phi) is 6.71. The normalized spacial score (nSPS) is 11.9. The number of hydrogen-bond donors (Lipinski definition) is 2. The second kappa shape index (κ2) is 9.16. The van der Waals surface area contributed by atoms with Crippen molar-refractivity contribution in [3.63, 3.8) is 0 Å². The molecule has 33 heavy (non-hydrogen) atoms. The number of fused-ring (bicyclic) bond motifs is 1. The lowest BCUT2D eigenvalue weighted by Crippen LogP contribution is -2.33. The molecule has 1 amide bonds. The van der Waals surface area contributed by atoms with Gasteiger partial charge in [-0.3, -0.25) is 19.1 Å². The molecular weight excluding hydrogens is 444 g/mol. The van der Waals surface area contributed by atoms with Crippen LogP contribution in [0.5, 0.6) is 0 Å². The van der Waals surface area contributed by atoms with E-state index < -0.39 is 41.3 Å². The zero-order valence-electron chi connectivity index (χ0n) is 18.1. The number of pyridine rings is 1. The molecule has 0 spiro atoms. The molecule has 7 nitrogen and oxygen atoms in total. The molecule has 0 bridgehead atoms. The SMILES string of the molecule is CCCn1c(=O)[nH]c(=O)c2c(C(=O)NCc3ccc(F)cc3C(F)(F)F)cc(C(C)C)nc21. The van der Waals surface area contributed by atoms with Gasteiger partial charge in [0, 0.05) is 18.8 Å². The van der Waals surface area contributed by atoms with Gasteiger partial charge in [-0.15, -0.1) is 0 Å². The van der Waals surface area contributed by atoms with Gasteiger partial charge >= 0.3 is 11.9 Å². The van der Waals surface area contributed by atoms with E-state index in [1.807, 2.05) is 6.92 Å². The Morgan fingerprint density at radius 1 is 1.21 bits per heavy atom. The highest BCUT2D eigenvalue weighted by Gasteiger charge is 2.34. The molecule has 2 heterocycles. The number of rotatable bonds is 6. The number of carbonyl (C=O) groups excluding carboxylic acids is 1. The van der Waals surface area contributed by atoms with Crippen LogP contribution >= 0.6 is 0 Å². The number of alkyl halides is 3. The van der Waals surface area contributed by atoms with Gasteiger partial charge in [0.1, 0.15) is 5.82 Å². The molecule has 0 aliphatic carbocycles. The molecule has 2 N–H and O–H groups in total. The number of nitrogens with one attached hydrogen (secondary N) is 2. The Morgan fingerprint density at radius 2 is 1.91 bits per heavy atom. The summed E-state index contributed by atoms with van der Waals surface area (Å²) in [4.78, 5) is 44.5. The van der Waals surface area contributed by atoms with Crippen LogP contribution in [0.4, 0.5) is 17.6 Å². The number of aromatic nitrogens is 3. The highest BCUT2D eigenvalue weighted by Crippen LogP contribution is 2.32. The molecule has 0 aliphatic rings. The minimum Gasteiger partial charge on any atom is -0.348 e. The van der Waals surface area contributed by atoms with E-state index in [4.69, 9.17) is 0 Å². The van der Waals surface area contributed by atoms with E-state index in [0.29, 0.717) is 18.2 Å². The Morgan fingerprint density at radius 3 is 2.52 bits per heavy atom. The molecule has 0 atom stereocenters. The number of hydrogen-bond acceptors (Lipinski definition) is 4. The summed E-state index contributed by atoms with van der Waals surface area (Å²) in [6.07, 6.45) is -4.26. The minimum absolute atomic E-state index is 0.0275. The second-order valence-corrected chi connectivity index (χ2v) is 7.84. The van der Waals surface area contributed by atoms with Gasteiger partial charge in [0.05, 0.1) is 16.5 Å². The first kappa shape index (κ1) is 24.1. The average Bonchev–Trinajstić information content (AvgIpc) is 2.73. The van der Waals surface area contributed by atoms with Crippen LogP contribution in [0.15, 0.2) is 33.9 Å². The number of H-pyrrole nitrogens is 1. The van der Waals surface area contributed by atoms with Crippen molar-refractivity contribution in [3.05, 3.63) is 73.3 Å². The summed E-state index contributed by atoms with van der Waals surface area (Å²) in [6.45, 7) is 5.12. The molecule has 0 saturated carbocycles. The molecule has 2 aromatic heterocycles. The van der Waals surface area contributed by atoms with Crippen LogP contribution in [0.1, 0.15) is 60.3 Å². The molecule has 1 aromatic carbocycles. The first-order valence-electron chi connectivity index (χ1n) is 10.3. The Bertz CT molecular complexity index is 1330. The molecule has 0 saturated heterocycles. The van der Waals surface area contributed by atoms with Gasteiger partial charge < -0.3 is 5.32 Å². The predicted molar refractivity (Wildman–Crippen MR) is 114 cm³/mol. The van der Waals surface area contributed by atoms with Crippen molar-refractivity contribution in [2.24, 2.45) is 0 Å². The van der Waals surface area contributed by atoms with Crippen molar-refractivity contribution in [2.45, 2.75) is 52.4 Å². The lowest BCUT2D eigenvalue weighted by Gasteiger charge is -2.16. The van der Waals surface area contributed by atoms with Crippen molar-refractivity contribution in [1.82, 2.24) is 19.9 Å². The van der Waals surface area contributed by atoms with Crippen LogP contribution in [-0.4, -0.2) is 20.4 Å². The van der Waals surface area contributed by atoms with Crippen molar-refractivity contribution in [1.29, 1.82) is 0 Å². The Labute approximate surface area is 185 Å². The second-order valence-electron chi connectivity index (χ2n) is 7.84. The maximum absolute atomic E-state index is 13.4. The third-order valence-electron chi connectivity index (χ3n) is 5.07. The lowest BCUT2D eigenvalue weighted by molar-refractivity contribution is -0.138. The van der Waals surface area contributed by atoms with E-state index in [1.54, 1.807) is 13.8 Å². The van der Waals surface area contributed by atoms with E-state index in [-0.39, 0.29) is 34.6 Å². The molecule has 0 aliphatic heterocycles. The van der Waals surface area contributed by atoms with Gasteiger partial charge in [-0.25, -0.2) is 14.2 Å². The van der Waals surface area contributed by atoms with E-state index in [2.05, 4.69) is 15.3 Å². The fraction of sp³-hybridized carbons (Fsp3) is 0.364. The van der Waals surface area contributed by atoms with Crippen LogP contribution in [-0.2, 0) is 19.3 Å². The molecule has 176 valence electrons. The maximum atomic E-state index is 13.4. The summed E-state index contributed by atoms with van der Waals surface area (Å²) in [6, 6.07) is 3.54. The van der Waals surface area contributed by atoms with Gasteiger partial charge in [0.25, 0.3) is 11.5 Å². The van der Waals surface area contributed by atoms with Crippen LogP contribution in [0.3, 0.4) is 0 Å². The van der Waals surface area contributed by atoms with E-state index >= 15 is 0 Å². The third kappa shape index (κ3) is 4.96. The molecule has 0 unspecified atom stereocenters. The fourth-order valence-electron chi connectivity index (χ4n) is 3.44. The molecule has 0 radical (unpaired) electrons. The van der Waals surface area contributed by atoms with E-state index in [9.17, 15) is 31.9 Å². The van der Waals surface area contributed by atoms with Crippen molar-refractivity contribution in [2.75, 3.05) is 0 Å². The molecular formula is C22H22F4N4O3. The monoisotopic (exact) mass is 466 g/mol. The van der Waals surface area contributed by atoms with Crippen LogP contribution < -0.4 is 16.6 Å². The fourth-order valence-corrected chi connectivity index (χ4v) is 3.44. The Balaban J connectivity index is 2.11. The zero-order chi connectivity index (χ0) is 24.5. The first-order chi connectivity index (χ1) is 15.4. The van der Waals surface area contributed by atoms with E-state index in [0.717, 1.165) is 12.1 Å². The Hall–Kier alpha value is -3.50. The molecule has 11 heteroatoms. The summed E-state index contributed by atoms with van der Waals surface area (Å²) in [7, 11) is 0. The smallest absolute Gasteiger partial charge is 0.348 e. The third-order valence-corrected chi connectivity index (χ3v) is 5.07. The number of aryl methyl sites for hydroxylation is 1. The number of benzene rings is 1. The summed E-state index contributed by atoms with van der Waals surface area (Å²) < 4.78 is 54.4. The predicted octanol–water partition coefficient (Wildman–Crippen LogP) is 3.71. The average molecular weight is 466 g/mol. The minimum atomic E-state index is -4.82. The highest BCUT2D eigenvalue weighted by molar-refractivity contribution is 6.05. The summed E-state index contributed by atoms with van der Waals surface area (Å²) in [5, 5.41) is 2.23. The standard InChI is InChI=1S/C22H22F4N4O3/c1-4-7-30-18-17(20(32)29-21(30)33)14(9-16(28-18)11(2)3)19(31)27-10-12-5-6-13(23)8-15(12)22(24,25)26/h5-6,8-9,11H,4,7,10H2,1-3H3,(H,27,31)(H,29,32,33). The van der Waals surface area contributed by atoms with E-state index in [1.165, 1.54) is 10.6 Å². The topological polar surface area (TPSA) is 96.9 Å². The summed E-state index contributed by atoms with van der Waals surface area (Å²) in [5.74, 6) is -2.05. The molecule has 3 rings (SSSR count). The van der Waals surface area contributed by atoms with Crippen LogP contribution in [0.2, 0.25) is 0 Å². The van der Waals surface area contributed by atoms with Gasteiger partial charge in [-0.1, -0.05) is 26.8 Å². The summed E-state index contributed by atoms with van der Waals surface area (Å²) >= 11 is 0. The molecule has 0 fully saturated rings. The van der Waals surface area contributed by atoms with Gasteiger partial charge in [0.15, 0.2) is 5.65 Å². The molecule has 3 aromatic rings. The van der Waals surface area contributed by atoms with Crippen LogP contribution in [0.25, 0.3) is 11.0 Å². The van der Waals surface area contributed by atoms with Gasteiger partial charge in [-0.2, -0.15) is 13.2 Å². The van der Waals surface area contributed by atoms with Gasteiger partial charge in [0.2, 0.25) is 0 Å². The number of nitrogens with zero attached hydrogens (tertiary/aromatic N) is 2.